The van der Waals surface area contributed by atoms with E-state index in [1.54, 1.807) is 12.1 Å². The van der Waals surface area contributed by atoms with Gasteiger partial charge in [-0.1, -0.05) is 0 Å². The lowest BCUT2D eigenvalue weighted by Gasteiger charge is -2.02. The van der Waals surface area contributed by atoms with Gasteiger partial charge in [0.15, 0.2) is 5.58 Å². The number of anilines is 2. The third kappa shape index (κ3) is 3.17. The molecule has 1 aromatic heterocycles. The van der Waals surface area contributed by atoms with E-state index < -0.39 is 0 Å². The number of benzene rings is 2. The number of fused-ring (bicyclic) bond motifs is 1. The van der Waals surface area contributed by atoms with Crippen LogP contribution in [0.1, 0.15) is 6.92 Å². The van der Waals surface area contributed by atoms with Gasteiger partial charge >= 0.3 is 0 Å². The van der Waals surface area contributed by atoms with Gasteiger partial charge in [-0.05, 0) is 48.2 Å². The van der Waals surface area contributed by atoms with Gasteiger partial charge in [-0.15, -0.1) is 0 Å². The average Bonchev–Trinajstić information content (AvgIpc) is 2.82. The summed E-state index contributed by atoms with van der Waals surface area (Å²) in [4.78, 5) is 16.3. The fourth-order valence-electron chi connectivity index (χ4n) is 1.87. The molecule has 3 N–H and O–H groups in total. The van der Waals surface area contributed by atoms with E-state index in [2.05, 4.69) is 10.3 Å². The Hall–Kier alpha value is -2.47. The minimum Gasteiger partial charge on any atom is -0.431 e. The molecule has 0 unspecified atom stereocenters. The molecule has 0 aliphatic carbocycles. The van der Waals surface area contributed by atoms with E-state index in [1.165, 1.54) is 18.7 Å². The number of aromatic nitrogens is 1. The zero-order valence-electron chi connectivity index (χ0n) is 11.3. The molecule has 1 heterocycles. The third-order valence-corrected chi connectivity index (χ3v) is 3.63. The second-order valence-corrected chi connectivity index (χ2v) is 5.54. The lowest BCUT2D eigenvalue weighted by atomic mass is 10.3. The zero-order valence-corrected chi connectivity index (χ0v) is 12.1. The number of rotatable bonds is 3. The molecular formula is C15H13N3O2S. The van der Waals surface area contributed by atoms with Crippen LogP contribution in [0, 0.1) is 0 Å². The molecule has 0 fully saturated rings. The molecule has 106 valence electrons. The van der Waals surface area contributed by atoms with Crippen molar-refractivity contribution in [2.75, 3.05) is 11.1 Å². The van der Waals surface area contributed by atoms with Crippen LogP contribution in [-0.4, -0.2) is 10.9 Å². The fraction of sp³-hybridized carbons (Fsp3) is 0.0667. The smallest absolute Gasteiger partial charge is 0.261 e. The summed E-state index contributed by atoms with van der Waals surface area (Å²) in [5, 5.41) is 3.28. The monoisotopic (exact) mass is 299 g/mol. The average molecular weight is 299 g/mol. The molecule has 0 saturated heterocycles. The lowest BCUT2D eigenvalue weighted by Crippen LogP contribution is -2.05. The van der Waals surface area contributed by atoms with Gasteiger partial charge in [0.05, 0.1) is 0 Å². The molecule has 3 rings (SSSR count). The molecule has 1 amide bonds. The maximum atomic E-state index is 11.0. The minimum absolute atomic E-state index is 0.0908. The normalized spacial score (nSPS) is 10.7. The summed E-state index contributed by atoms with van der Waals surface area (Å²) in [7, 11) is 0. The van der Waals surface area contributed by atoms with Crippen LogP contribution >= 0.6 is 11.8 Å². The summed E-state index contributed by atoms with van der Waals surface area (Å²) in [6.45, 7) is 1.48. The Morgan fingerprint density at radius 1 is 1.24 bits per heavy atom. The standard InChI is InChI=1S/C15H13N3O2S/c1-9(19)17-11-3-5-12(6-4-11)21-15-18-13-7-2-10(16)8-14(13)20-15/h2-8H,16H2,1H3,(H,17,19). The van der Waals surface area contributed by atoms with Crippen molar-refractivity contribution in [3.8, 4) is 0 Å². The topological polar surface area (TPSA) is 81.2 Å². The molecule has 0 radical (unpaired) electrons. The predicted molar refractivity (Wildman–Crippen MR) is 83.3 cm³/mol. The lowest BCUT2D eigenvalue weighted by molar-refractivity contribution is -0.114. The van der Waals surface area contributed by atoms with Crippen LogP contribution in [0.2, 0.25) is 0 Å². The Morgan fingerprint density at radius 2 is 2.00 bits per heavy atom. The molecule has 0 bridgehead atoms. The SMILES string of the molecule is CC(=O)Nc1ccc(Sc2nc3ccc(N)cc3o2)cc1. The van der Waals surface area contributed by atoms with Crippen molar-refractivity contribution in [2.24, 2.45) is 0 Å². The number of hydrogen-bond donors (Lipinski definition) is 2. The molecule has 2 aromatic carbocycles. The van der Waals surface area contributed by atoms with Gasteiger partial charge in [-0.25, -0.2) is 4.98 Å². The third-order valence-electron chi connectivity index (χ3n) is 2.77. The highest BCUT2D eigenvalue weighted by molar-refractivity contribution is 7.99. The Kier molecular flexibility index (Phi) is 3.53. The zero-order chi connectivity index (χ0) is 14.8. The molecule has 0 saturated carbocycles. The van der Waals surface area contributed by atoms with Crippen molar-refractivity contribution in [1.82, 2.24) is 4.98 Å². The highest BCUT2D eigenvalue weighted by Gasteiger charge is 2.08. The van der Waals surface area contributed by atoms with Crippen molar-refractivity contribution >= 4 is 40.1 Å². The van der Waals surface area contributed by atoms with Crippen LogP contribution in [0.4, 0.5) is 11.4 Å². The first-order valence-electron chi connectivity index (χ1n) is 6.32. The molecule has 0 aliphatic heterocycles. The van der Waals surface area contributed by atoms with Gasteiger partial charge in [-0.3, -0.25) is 4.79 Å². The van der Waals surface area contributed by atoms with Crippen LogP contribution in [0.5, 0.6) is 0 Å². The summed E-state index contributed by atoms with van der Waals surface area (Å²) in [6, 6.07) is 12.9. The van der Waals surface area contributed by atoms with Crippen LogP contribution in [0.25, 0.3) is 11.1 Å². The van der Waals surface area contributed by atoms with Crippen LogP contribution in [0.15, 0.2) is 57.0 Å². The first-order valence-corrected chi connectivity index (χ1v) is 7.13. The minimum atomic E-state index is -0.0908. The first kappa shape index (κ1) is 13.5. The maximum absolute atomic E-state index is 11.0. The number of hydrogen-bond acceptors (Lipinski definition) is 5. The summed E-state index contributed by atoms with van der Waals surface area (Å²) in [5.41, 5.74) is 8.58. The van der Waals surface area contributed by atoms with Crippen molar-refractivity contribution in [2.45, 2.75) is 17.0 Å². The van der Waals surface area contributed by atoms with E-state index >= 15 is 0 Å². The van der Waals surface area contributed by atoms with Crippen molar-refractivity contribution < 1.29 is 9.21 Å². The largest absolute Gasteiger partial charge is 0.431 e. The van der Waals surface area contributed by atoms with E-state index in [9.17, 15) is 4.79 Å². The predicted octanol–water partition coefficient (Wildman–Crippen LogP) is 3.52. The van der Waals surface area contributed by atoms with Gasteiger partial charge in [0, 0.05) is 29.3 Å². The van der Waals surface area contributed by atoms with Gasteiger partial charge in [0.25, 0.3) is 5.22 Å². The van der Waals surface area contributed by atoms with Crippen LogP contribution in [-0.2, 0) is 4.79 Å². The number of nitrogens with zero attached hydrogens (tertiary/aromatic N) is 1. The molecule has 3 aromatic rings. The Balaban J connectivity index is 1.79. The molecular weight excluding hydrogens is 286 g/mol. The Bertz CT molecular complexity index is 796. The number of nitrogens with one attached hydrogen (secondary N) is 1. The summed E-state index contributed by atoms with van der Waals surface area (Å²) in [5.74, 6) is -0.0908. The molecule has 5 nitrogen and oxygen atoms in total. The molecule has 0 atom stereocenters. The first-order chi connectivity index (χ1) is 10.1. The molecule has 0 aliphatic rings. The number of nitrogens with two attached hydrogens (primary N) is 1. The summed E-state index contributed by atoms with van der Waals surface area (Å²) < 4.78 is 5.65. The van der Waals surface area contributed by atoms with E-state index in [0.29, 0.717) is 16.5 Å². The van der Waals surface area contributed by atoms with Crippen molar-refractivity contribution in [3.63, 3.8) is 0 Å². The highest BCUT2D eigenvalue weighted by Crippen LogP contribution is 2.31. The van der Waals surface area contributed by atoms with Gasteiger partial charge in [-0.2, -0.15) is 0 Å². The summed E-state index contributed by atoms with van der Waals surface area (Å²) in [6.07, 6.45) is 0. The maximum Gasteiger partial charge on any atom is 0.261 e. The molecule has 21 heavy (non-hydrogen) atoms. The number of nitrogen functional groups attached to an aromatic ring is 1. The van der Waals surface area contributed by atoms with E-state index in [0.717, 1.165) is 16.1 Å². The van der Waals surface area contributed by atoms with Gasteiger partial charge < -0.3 is 15.5 Å². The number of carbonyl (C=O) groups is 1. The van der Waals surface area contributed by atoms with Crippen molar-refractivity contribution in [1.29, 1.82) is 0 Å². The number of carbonyl (C=O) groups excluding carboxylic acids is 1. The molecule has 6 heteroatoms. The van der Waals surface area contributed by atoms with Crippen LogP contribution < -0.4 is 11.1 Å². The van der Waals surface area contributed by atoms with Crippen molar-refractivity contribution in [3.05, 3.63) is 42.5 Å². The molecule has 0 spiro atoms. The quantitative estimate of drug-likeness (QED) is 0.723. The van der Waals surface area contributed by atoms with Gasteiger partial charge in [0.2, 0.25) is 5.91 Å². The Labute approximate surface area is 125 Å². The van der Waals surface area contributed by atoms with E-state index in [1.807, 2.05) is 30.3 Å². The fourth-order valence-corrected chi connectivity index (χ4v) is 2.62. The number of oxazole rings is 1. The second-order valence-electron chi connectivity index (χ2n) is 4.51. The van der Waals surface area contributed by atoms with E-state index in [4.69, 9.17) is 10.2 Å². The highest BCUT2D eigenvalue weighted by atomic mass is 32.2. The summed E-state index contributed by atoms with van der Waals surface area (Å²) >= 11 is 1.42. The van der Waals surface area contributed by atoms with Gasteiger partial charge in [0.1, 0.15) is 5.52 Å². The Morgan fingerprint density at radius 3 is 2.71 bits per heavy atom. The number of amides is 1. The van der Waals surface area contributed by atoms with E-state index in [-0.39, 0.29) is 5.91 Å². The second kappa shape index (κ2) is 5.49. The van der Waals surface area contributed by atoms with Crippen LogP contribution in [0.3, 0.4) is 0 Å².